The average molecular weight is 556 g/mol. The van der Waals surface area contributed by atoms with Crippen molar-refractivity contribution in [1.29, 1.82) is 0 Å². The Morgan fingerprint density at radius 2 is 1.56 bits per heavy atom. The number of para-hydroxylation sites is 1. The van der Waals surface area contributed by atoms with Gasteiger partial charge in [0.15, 0.2) is 0 Å². The molecule has 10 heteroatoms. The van der Waals surface area contributed by atoms with Crippen LogP contribution in [0.2, 0.25) is 0 Å². The van der Waals surface area contributed by atoms with Crippen LogP contribution in [0.1, 0.15) is 32.8 Å². The fourth-order valence-corrected chi connectivity index (χ4v) is 5.50. The lowest BCUT2D eigenvalue weighted by atomic mass is 10.1. The van der Waals surface area contributed by atoms with Gasteiger partial charge in [-0.05, 0) is 74.4 Å². The van der Waals surface area contributed by atoms with Gasteiger partial charge in [-0.25, -0.2) is 12.8 Å². The van der Waals surface area contributed by atoms with Crippen molar-refractivity contribution in [2.24, 2.45) is 0 Å². The molecule has 0 spiro atoms. The number of carbonyl (C=O) groups excluding carboxylic acids is 2. The molecule has 3 rings (SSSR count). The van der Waals surface area contributed by atoms with E-state index >= 15 is 0 Å². The molecule has 0 aliphatic carbocycles. The van der Waals surface area contributed by atoms with Gasteiger partial charge in [0.2, 0.25) is 11.8 Å². The number of hydrogen-bond donors (Lipinski definition) is 1. The fraction of sp³-hybridized carbons (Fsp3) is 0.310. The SMILES string of the molecule is CCC(C(=O)NC(C)C)N(Cc1ccc(F)cc1)C(=O)CN(c1ccccc1)S(=O)(=O)c1ccc(OC)cc1. The Labute approximate surface area is 229 Å². The molecule has 1 N–H and O–H groups in total. The smallest absolute Gasteiger partial charge is 0.264 e. The summed E-state index contributed by atoms with van der Waals surface area (Å²) < 4.78 is 47.3. The highest BCUT2D eigenvalue weighted by molar-refractivity contribution is 7.92. The minimum absolute atomic E-state index is 0.00561. The molecule has 0 bridgehead atoms. The van der Waals surface area contributed by atoms with E-state index < -0.39 is 34.3 Å². The molecule has 3 aromatic carbocycles. The lowest BCUT2D eigenvalue weighted by molar-refractivity contribution is -0.140. The van der Waals surface area contributed by atoms with E-state index in [-0.39, 0.29) is 23.4 Å². The zero-order chi connectivity index (χ0) is 28.6. The summed E-state index contributed by atoms with van der Waals surface area (Å²) >= 11 is 0. The second-order valence-corrected chi connectivity index (χ2v) is 11.1. The van der Waals surface area contributed by atoms with Crippen molar-refractivity contribution in [3.05, 3.63) is 90.2 Å². The molecule has 0 fully saturated rings. The molecule has 0 saturated carbocycles. The van der Waals surface area contributed by atoms with Crippen molar-refractivity contribution in [2.45, 2.75) is 50.7 Å². The largest absolute Gasteiger partial charge is 0.497 e. The number of rotatable bonds is 12. The predicted octanol–water partition coefficient (Wildman–Crippen LogP) is 4.36. The van der Waals surface area contributed by atoms with Crippen LogP contribution in [-0.2, 0) is 26.2 Å². The first-order valence-corrected chi connectivity index (χ1v) is 14.1. The molecule has 0 aliphatic rings. The molecule has 39 heavy (non-hydrogen) atoms. The van der Waals surface area contributed by atoms with Gasteiger partial charge in [-0.3, -0.25) is 13.9 Å². The topological polar surface area (TPSA) is 96.0 Å². The molecule has 0 aliphatic heterocycles. The highest BCUT2D eigenvalue weighted by atomic mass is 32.2. The molecule has 0 heterocycles. The summed E-state index contributed by atoms with van der Waals surface area (Å²) in [4.78, 5) is 28.3. The molecule has 0 radical (unpaired) electrons. The highest BCUT2D eigenvalue weighted by Gasteiger charge is 2.33. The Morgan fingerprint density at radius 1 is 0.949 bits per heavy atom. The van der Waals surface area contributed by atoms with Crippen LogP contribution in [0.3, 0.4) is 0 Å². The van der Waals surface area contributed by atoms with E-state index in [0.29, 0.717) is 23.4 Å². The van der Waals surface area contributed by atoms with Crippen LogP contribution < -0.4 is 14.4 Å². The van der Waals surface area contributed by atoms with E-state index in [1.54, 1.807) is 37.3 Å². The Bertz CT molecular complexity index is 1350. The Morgan fingerprint density at radius 3 is 2.10 bits per heavy atom. The monoisotopic (exact) mass is 555 g/mol. The summed E-state index contributed by atoms with van der Waals surface area (Å²) in [7, 11) is -2.70. The normalized spacial score (nSPS) is 12.1. The fourth-order valence-electron chi connectivity index (χ4n) is 4.08. The zero-order valence-corrected chi connectivity index (χ0v) is 23.3. The highest BCUT2D eigenvalue weighted by Crippen LogP contribution is 2.26. The maximum absolute atomic E-state index is 13.9. The summed E-state index contributed by atoms with van der Waals surface area (Å²) in [5, 5.41) is 2.84. The van der Waals surface area contributed by atoms with Crippen LogP contribution >= 0.6 is 0 Å². The van der Waals surface area contributed by atoms with Crippen LogP contribution in [-0.4, -0.2) is 50.9 Å². The zero-order valence-electron chi connectivity index (χ0n) is 22.5. The van der Waals surface area contributed by atoms with E-state index in [2.05, 4.69) is 5.32 Å². The van der Waals surface area contributed by atoms with Gasteiger partial charge in [-0.15, -0.1) is 0 Å². The van der Waals surface area contributed by atoms with E-state index in [1.807, 2.05) is 13.8 Å². The molecular formula is C29H34FN3O5S. The number of amides is 2. The minimum atomic E-state index is -4.18. The van der Waals surface area contributed by atoms with Gasteiger partial charge in [0.05, 0.1) is 17.7 Å². The molecular weight excluding hydrogens is 521 g/mol. The summed E-state index contributed by atoms with van der Waals surface area (Å²) in [6.45, 7) is 4.85. The maximum Gasteiger partial charge on any atom is 0.264 e. The van der Waals surface area contributed by atoms with Gasteiger partial charge in [0, 0.05) is 12.6 Å². The molecule has 0 saturated heterocycles. The standard InChI is InChI=1S/C29H34FN3O5S/c1-5-27(29(35)31-21(2)3)32(19-22-11-13-23(30)14-12-22)28(34)20-33(24-9-7-6-8-10-24)39(36,37)26-17-15-25(38-4)16-18-26/h6-18,21,27H,5,19-20H2,1-4H3,(H,31,35). The van der Waals surface area contributed by atoms with E-state index in [0.717, 1.165) is 4.31 Å². The van der Waals surface area contributed by atoms with Gasteiger partial charge < -0.3 is 15.0 Å². The second-order valence-electron chi connectivity index (χ2n) is 9.26. The Kier molecular flexibility index (Phi) is 10.1. The number of nitrogens with one attached hydrogen (secondary N) is 1. The third kappa shape index (κ3) is 7.57. The van der Waals surface area contributed by atoms with Crippen molar-refractivity contribution < 1.29 is 27.1 Å². The molecule has 208 valence electrons. The number of hydrogen-bond acceptors (Lipinski definition) is 5. The maximum atomic E-state index is 13.9. The molecule has 2 amide bonds. The van der Waals surface area contributed by atoms with Gasteiger partial charge >= 0.3 is 0 Å². The van der Waals surface area contributed by atoms with Crippen molar-refractivity contribution in [3.8, 4) is 5.75 Å². The third-order valence-electron chi connectivity index (χ3n) is 6.05. The average Bonchev–Trinajstić information content (AvgIpc) is 2.92. The summed E-state index contributed by atoms with van der Waals surface area (Å²) in [6, 6.07) is 18.8. The number of methoxy groups -OCH3 is 1. The molecule has 3 aromatic rings. The van der Waals surface area contributed by atoms with Gasteiger partial charge in [0.25, 0.3) is 10.0 Å². The van der Waals surface area contributed by atoms with Crippen LogP contribution in [0.5, 0.6) is 5.75 Å². The van der Waals surface area contributed by atoms with Crippen LogP contribution in [0.25, 0.3) is 0 Å². The first kappa shape index (κ1) is 29.6. The number of sulfonamides is 1. The lowest BCUT2D eigenvalue weighted by Crippen LogP contribution is -2.53. The third-order valence-corrected chi connectivity index (χ3v) is 7.84. The Hall–Kier alpha value is -3.92. The van der Waals surface area contributed by atoms with Crippen molar-refractivity contribution >= 4 is 27.5 Å². The van der Waals surface area contributed by atoms with E-state index in [9.17, 15) is 22.4 Å². The first-order valence-electron chi connectivity index (χ1n) is 12.6. The van der Waals surface area contributed by atoms with Crippen molar-refractivity contribution in [2.75, 3.05) is 18.0 Å². The lowest BCUT2D eigenvalue weighted by Gasteiger charge is -2.33. The number of halogens is 1. The quantitative estimate of drug-likeness (QED) is 0.358. The summed E-state index contributed by atoms with van der Waals surface area (Å²) in [5.41, 5.74) is 0.896. The van der Waals surface area contributed by atoms with E-state index in [4.69, 9.17) is 4.74 Å². The number of ether oxygens (including phenoxy) is 1. The Balaban J connectivity index is 2.03. The second kappa shape index (κ2) is 13.2. The van der Waals surface area contributed by atoms with Crippen LogP contribution in [0.4, 0.5) is 10.1 Å². The minimum Gasteiger partial charge on any atom is -0.497 e. The number of benzene rings is 3. The predicted molar refractivity (Wildman–Crippen MR) is 148 cm³/mol. The molecule has 8 nitrogen and oxygen atoms in total. The van der Waals surface area contributed by atoms with Crippen molar-refractivity contribution in [3.63, 3.8) is 0 Å². The van der Waals surface area contributed by atoms with Crippen molar-refractivity contribution in [1.82, 2.24) is 10.2 Å². The van der Waals surface area contributed by atoms with Crippen LogP contribution in [0, 0.1) is 5.82 Å². The number of carbonyl (C=O) groups is 2. The van der Waals surface area contributed by atoms with Gasteiger partial charge in [0.1, 0.15) is 24.2 Å². The molecule has 0 aromatic heterocycles. The number of nitrogens with zero attached hydrogens (tertiary/aromatic N) is 2. The van der Waals surface area contributed by atoms with Crippen LogP contribution in [0.15, 0.2) is 83.8 Å². The molecule has 1 unspecified atom stereocenters. The van der Waals surface area contributed by atoms with Gasteiger partial charge in [-0.2, -0.15) is 0 Å². The molecule has 1 atom stereocenters. The number of anilines is 1. The summed E-state index contributed by atoms with van der Waals surface area (Å²) in [6.07, 6.45) is 0.294. The summed E-state index contributed by atoms with van der Waals surface area (Å²) in [5.74, 6) is -0.871. The van der Waals surface area contributed by atoms with Gasteiger partial charge in [-0.1, -0.05) is 37.3 Å². The first-order chi connectivity index (χ1) is 18.6. The van der Waals surface area contributed by atoms with E-state index in [1.165, 1.54) is 60.5 Å².